The molecule has 0 saturated heterocycles. The third-order valence-electron chi connectivity index (χ3n) is 7.69. The first-order chi connectivity index (χ1) is 15.8. The lowest BCUT2D eigenvalue weighted by molar-refractivity contribution is 0.838. The van der Waals surface area contributed by atoms with Gasteiger partial charge in [0, 0.05) is 15.6 Å². The molecule has 0 radical (unpaired) electrons. The van der Waals surface area contributed by atoms with Gasteiger partial charge in [-0.3, -0.25) is 0 Å². The summed E-state index contributed by atoms with van der Waals surface area (Å²) >= 11 is 1.81. The highest BCUT2D eigenvalue weighted by Crippen LogP contribution is 2.41. The van der Waals surface area contributed by atoms with E-state index in [1.165, 1.54) is 42.4 Å². The van der Waals surface area contributed by atoms with Crippen LogP contribution in [0.15, 0.2) is 66.0 Å². The molecule has 0 fully saturated rings. The Morgan fingerprint density at radius 3 is 2.00 bits per heavy atom. The van der Waals surface area contributed by atoms with Crippen molar-refractivity contribution in [2.45, 2.75) is 58.2 Å². The Bertz CT molecular complexity index is 1530. The highest BCUT2D eigenvalue weighted by Gasteiger charge is 2.41. The first-order valence-electron chi connectivity index (χ1n) is 12.1. The highest BCUT2D eigenvalue weighted by molar-refractivity contribution is 7.17. The van der Waals surface area contributed by atoms with Crippen LogP contribution in [0.25, 0.3) is 42.4 Å². The minimum atomic E-state index is -1.73. The van der Waals surface area contributed by atoms with Crippen LogP contribution in [-0.4, -0.2) is 8.07 Å². The van der Waals surface area contributed by atoms with Crippen molar-refractivity contribution in [2.24, 2.45) is 0 Å². The molecule has 0 aliphatic carbocycles. The maximum absolute atomic E-state index is 3.88. The zero-order chi connectivity index (χ0) is 23.3. The van der Waals surface area contributed by atoms with Gasteiger partial charge in [0.2, 0.25) is 0 Å². The second kappa shape index (κ2) is 8.31. The molecule has 0 spiro atoms. The quantitative estimate of drug-likeness (QED) is 0.108. The third kappa shape index (κ3) is 3.59. The summed E-state index contributed by atoms with van der Waals surface area (Å²) in [5.74, 6) is 3.63. The minimum Gasteiger partial charge on any atom is -0.144 e. The fourth-order valence-electron chi connectivity index (χ4n) is 6.03. The van der Waals surface area contributed by atoms with Crippen molar-refractivity contribution in [1.29, 1.82) is 0 Å². The Morgan fingerprint density at radius 1 is 0.606 bits per heavy atom. The second-order valence-corrected chi connectivity index (χ2v) is 16.9. The lowest BCUT2D eigenvalue weighted by Crippen LogP contribution is -2.43. The molecule has 1 heterocycles. The molecule has 4 aromatic carbocycles. The molecule has 5 aromatic rings. The van der Waals surface area contributed by atoms with Crippen LogP contribution in [0, 0.1) is 11.5 Å². The summed E-state index contributed by atoms with van der Waals surface area (Å²) in [6, 6.07) is 22.8. The van der Waals surface area contributed by atoms with Crippen LogP contribution in [0.2, 0.25) is 16.6 Å². The van der Waals surface area contributed by atoms with Crippen molar-refractivity contribution in [1.82, 2.24) is 0 Å². The summed E-state index contributed by atoms with van der Waals surface area (Å²) in [4.78, 5) is 0. The molecule has 33 heavy (non-hydrogen) atoms. The van der Waals surface area contributed by atoms with E-state index in [-0.39, 0.29) is 0 Å². The molecular formula is C31H32SSi. The van der Waals surface area contributed by atoms with Gasteiger partial charge < -0.3 is 0 Å². The lowest BCUT2D eigenvalue weighted by atomic mass is 9.96. The summed E-state index contributed by atoms with van der Waals surface area (Å²) in [6.07, 6.45) is 0. The predicted octanol–water partition coefficient (Wildman–Crippen LogP) is 9.93. The summed E-state index contributed by atoms with van der Waals surface area (Å²) in [7, 11) is -1.73. The molecule has 0 aliphatic rings. The molecule has 0 atom stereocenters. The number of hydrogen-bond acceptors (Lipinski definition) is 1. The molecule has 2 heteroatoms. The topological polar surface area (TPSA) is 0 Å². The summed E-state index contributed by atoms with van der Waals surface area (Å²) in [5.41, 5.74) is 6.97. The predicted molar refractivity (Wildman–Crippen MR) is 152 cm³/mol. The maximum atomic E-state index is 3.88. The van der Waals surface area contributed by atoms with Crippen LogP contribution < -0.4 is 0 Å². The Labute approximate surface area is 202 Å². The van der Waals surface area contributed by atoms with Gasteiger partial charge in [-0.1, -0.05) is 71.7 Å². The number of fused-ring (bicyclic) bond motifs is 6. The van der Waals surface area contributed by atoms with Gasteiger partial charge in [-0.2, -0.15) is 0 Å². The van der Waals surface area contributed by atoms with Crippen molar-refractivity contribution < 1.29 is 0 Å². The third-order valence-corrected chi connectivity index (χ3v) is 14.9. The molecule has 166 valence electrons. The minimum absolute atomic E-state index is 0.650. The van der Waals surface area contributed by atoms with Gasteiger partial charge in [-0.05, 0) is 90.7 Å². The molecule has 0 nitrogen and oxygen atoms in total. The first-order valence-corrected chi connectivity index (χ1v) is 15.2. The van der Waals surface area contributed by atoms with Gasteiger partial charge in [-0.25, -0.2) is 0 Å². The molecule has 0 unspecified atom stereocenters. The smallest absolute Gasteiger partial charge is 0.144 e. The van der Waals surface area contributed by atoms with Crippen molar-refractivity contribution >= 4 is 61.8 Å². The number of thiophene rings is 1. The van der Waals surface area contributed by atoms with Crippen LogP contribution >= 0.6 is 11.3 Å². The fourth-order valence-corrected chi connectivity index (χ4v) is 12.1. The summed E-state index contributed by atoms with van der Waals surface area (Å²) < 4.78 is 1.36. The molecule has 0 N–H and O–H groups in total. The molecule has 5 rings (SSSR count). The fraction of sp³-hybridized carbons (Fsp3) is 0.290. The van der Waals surface area contributed by atoms with E-state index in [4.69, 9.17) is 0 Å². The Hall–Kier alpha value is -2.60. The number of rotatable bonds is 3. The maximum Gasteiger partial charge on any atom is 0.146 e. The zero-order valence-electron chi connectivity index (χ0n) is 20.5. The van der Waals surface area contributed by atoms with Crippen molar-refractivity contribution in [2.75, 3.05) is 0 Å². The van der Waals surface area contributed by atoms with Crippen LogP contribution in [0.5, 0.6) is 0 Å². The van der Waals surface area contributed by atoms with Gasteiger partial charge in [0.25, 0.3) is 0 Å². The SMILES string of the molecule is CC(C)[Si](C#Cc1ccc2cc3c(ccc4c5ccsc5ccc34)cc2c1)(C(C)C)C(C)C. The highest BCUT2D eigenvalue weighted by atomic mass is 32.1. The van der Waals surface area contributed by atoms with Crippen molar-refractivity contribution in [3.05, 3.63) is 71.6 Å². The molecule has 0 aliphatic heterocycles. The van der Waals surface area contributed by atoms with E-state index in [0.717, 1.165) is 5.56 Å². The van der Waals surface area contributed by atoms with E-state index in [1.54, 1.807) is 0 Å². The molecule has 0 saturated carbocycles. The van der Waals surface area contributed by atoms with Crippen LogP contribution in [0.1, 0.15) is 47.1 Å². The number of hydrogen-bond donors (Lipinski definition) is 0. The van der Waals surface area contributed by atoms with Crippen molar-refractivity contribution in [3.8, 4) is 11.5 Å². The van der Waals surface area contributed by atoms with E-state index in [9.17, 15) is 0 Å². The van der Waals surface area contributed by atoms with Gasteiger partial charge >= 0.3 is 0 Å². The van der Waals surface area contributed by atoms with Crippen LogP contribution in [0.4, 0.5) is 0 Å². The summed E-state index contributed by atoms with van der Waals surface area (Å²) in [6.45, 7) is 14.3. The first kappa shape index (κ1) is 22.2. The average molecular weight is 465 g/mol. The second-order valence-electron chi connectivity index (χ2n) is 10.3. The van der Waals surface area contributed by atoms with Crippen LogP contribution in [-0.2, 0) is 0 Å². The van der Waals surface area contributed by atoms with E-state index in [0.29, 0.717) is 16.6 Å². The molecule has 0 amide bonds. The zero-order valence-corrected chi connectivity index (χ0v) is 22.3. The van der Waals surface area contributed by atoms with Gasteiger partial charge in [0.1, 0.15) is 8.07 Å². The normalized spacial score (nSPS) is 12.5. The number of benzene rings is 4. The monoisotopic (exact) mass is 464 g/mol. The Morgan fingerprint density at radius 2 is 1.27 bits per heavy atom. The standard InChI is InChI=1S/C31H32SSi/c1-20(2)33(21(3)4,22(5)6)16-14-23-7-8-24-19-30-25(18-26(24)17-23)9-10-27-28(30)11-12-31-29(27)13-15-32-31/h7-13,15,17-22H,1-6H3. The Kier molecular flexibility index (Phi) is 5.59. The van der Waals surface area contributed by atoms with Crippen LogP contribution in [0.3, 0.4) is 0 Å². The summed E-state index contributed by atoms with van der Waals surface area (Å²) in [5, 5.41) is 11.4. The molecule has 0 bridgehead atoms. The van der Waals surface area contributed by atoms with E-state index in [1.807, 2.05) is 11.3 Å². The van der Waals surface area contributed by atoms with Crippen molar-refractivity contribution in [3.63, 3.8) is 0 Å². The largest absolute Gasteiger partial charge is 0.146 e. The van der Waals surface area contributed by atoms with E-state index < -0.39 is 8.07 Å². The van der Waals surface area contributed by atoms with Gasteiger partial charge in [-0.15, -0.1) is 16.9 Å². The van der Waals surface area contributed by atoms with Gasteiger partial charge in [0.05, 0.1) is 0 Å². The average Bonchev–Trinajstić information content (AvgIpc) is 3.26. The molecular weight excluding hydrogens is 432 g/mol. The van der Waals surface area contributed by atoms with E-state index >= 15 is 0 Å². The molecule has 1 aromatic heterocycles. The van der Waals surface area contributed by atoms with E-state index in [2.05, 4.69) is 119 Å². The van der Waals surface area contributed by atoms with Gasteiger partial charge in [0.15, 0.2) is 0 Å². The Balaban J connectivity index is 1.64. The lowest BCUT2D eigenvalue weighted by Gasteiger charge is -2.38.